The first-order chi connectivity index (χ1) is 12.1. The molecule has 6 heteroatoms. The summed E-state index contributed by atoms with van der Waals surface area (Å²) in [6, 6.07) is 0.509. The third-order valence-corrected chi connectivity index (χ3v) is 6.91. The Balaban J connectivity index is 1.79. The predicted octanol–water partition coefficient (Wildman–Crippen LogP) is 4.76. The SMILES string of the molecule is CCOC(=O)c1c(NC(=S)N(C)C2CCCCC2)sc2c1CCCC2. The Morgan fingerprint density at radius 1 is 1.24 bits per heavy atom. The van der Waals surface area contributed by atoms with E-state index in [0.29, 0.717) is 12.6 Å². The number of hydrogen-bond donors (Lipinski definition) is 1. The molecule has 0 aromatic carbocycles. The zero-order valence-electron chi connectivity index (χ0n) is 15.2. The van der Waals surface area contributed by atoms with Gasteiger partial charge in [-0.3, -0.25) is 0 Å². The van der Waals surface area contributed by atoms with Crippen molar-refractivity contribution in [1.29, 1.82) is 0 Å². The predicted molar refractivity (Wildman–Crippen MR) is 108 cm³/mol. The Bertz CT molecular complexity index is 636. The first-order valence-corrected chi connectivity index (χ1v) is 10.7. The molecule has 25 heavy (non-hydrogen) atoms. The number of ether oxygens (including phenoxy) is 1. The van der Waals surface area contributed by atoms with Crippen molar-refractivity contribution < 1.29 is 9.53 Å². The number of nitrogens with one attached hydrogen (secondary N) is 1. The van der Waals surface area contributed by atoms with Crippen molar-refractivity contribution in [3.63, 3.8) is 0 Å². The van der Waals surface area contributed by atoms with Crippen molar-refractivity contribution in [3.8, 4) is 0 Å². The Morgan fingerprint density at radius 2 is 1.96 bits per heavy atom. The van der Waals surface area contributed by atoms with Crippen LogP contribution in [0.25, 0.3) is 0 Å². The van der Waals surface area contributed by atoms with E-state index >= 15 is 0 Å². The summed E-state index contributed by atoms with van der Waals surface area (Å²) in [6.07, 6.45) is 10.6. The molecule has 0 aliphatic heterocycles. The number of thiocarbonyl (C=S) groups is 1. The second-order valence-electron chi connectivity index (χ2n) is 6.97. The fourth-order valence-corrected chi connectivity index (χ4v) is 5.48. The molecule has 1 aromatic heterocycles. The third kappa shape index (κ3) is 4.17. The van der Waals surface area contributed by atoms with E-state index < -0.39 is 0 Å². The molecule has 0 unspecified atom stereocenters. The quantitative estimate of drug-likeness (QED) is 0.602. The minimum Gasteiger partial charge on any atom is -0.462 e. The highest BCUT2D eigenvalue weighted by Crippen LogP contribution is 2.39. The monoisotopic (exact) mass is 380 g/mol. The van der Waals surface area contributed by atoms with Crippen LogP contribution in [0.4, 0.5) is 5.00 Å². The number of carbonyl (C=O) groups is 1. The minimum atomic E-state index is -0.215. The van der Waals surface area contributed by atoms with Crippen LogP contribution in [0.5, 0.6) is 0 Å². The van der Waals surface area contributed by atoms with E-state index in [1.54, 1.807) is 11.3 Å². The van der Waals surface area contributed by atoms with Crippen LogP contribution in [0.2, 0.25) is 0 Å². The zero-order chi connectivity index (χ0) is 17.8. The zero-order valence-corrected chi connectivity index (χ0v) is 16.9. The van der Waals surface area contributed by atoms with E-state index in [2.05, 4.69) is 17.3 Å². The van der Waals surface area contributed by atoms with Crippen LogP contribution >= 0.6 is 23.6 Å². The number of carbonyl (C=O) groups excluding carboxylic acids is 1. The lowest BCUT2D eigenvalue weighted by Gasteiger charge is -2.33. The third-order valence-electron chi connectivity index (χ3n) is 5.31. The molecule has 1 heterocycles. The van der Waals surface area contributed by atoms with Gasteiger partial charge in [0.2, 0.25) is 0 Å². The van der Waals surface area contributed by atoms with Crippen molar-refractivity contribution in [2.45, 2.75) is 70.8 Å². The molecule has 0 atom stereocenters. The molecule has 1 aromatic rings. The van der Waals surface area contributed by atoms with E-state index in [9.17, 15) is 4.79 Å². The van der Waals surface area contributed by atoms with E-state index in [1.807, 2.05) is 6.92 Å². The standard InChI is InChI=1S/C19H28N2O2S2/c1-3-23-18(22)16-14-11-7-8-12-15(14)25-17(16)20-19(24)21(2)13-9-5-4-6-10-13/h13H,3-12H2,1-2H3,(H,20,24). The van der Waals surface area contributed by atoms with Crippen LogP contribution in [-0.4, -0.2) is 35.7 Å². The summed E-state index contributed by atoms with van der Waals surface area (Å²) in [6.45, 7) is 2.25. The smallest absolute Gasteiger partial charge is 0.341 e. The number of aryl methyl sites for hydroxylation is 1. The summed E-state index contributed by atoms with van der Waals surface area (Å²) in [4.78, 5) is 16.0. The molecule has 2 aliphatic carbocycles. The van der Waals surface area contributed by atoms with Gasteiger partial charge in [0.15, 0.2) is 5.11 Å². The molecule has 0 radical (unpaired) electrons. The van der Waals surface area contributed by atoms with Crippen LogP contribution in [0, 0.1) is 0 Å². The van der Waals surface area contributed by atoms with E-state index in [-0.39, 0.29) is 5.97 Å². The van der Waals surface area contributed by atoms with Gasteiger partial charge in [0.05, 0.1) is 12.2 Å². The van der Waals surface area contributed by atoms with Crippen LogP contribution in [0.15, 0.2) is 0 Å². The largest absolute Gasteiger partial charge is 0.462 e. The van der Waals surface area contributed by atoms with Crippen molar-refractivity contribution in [3.05, 3.63) is 16.0 Å². The summed E-state index contributed by atoms with van der Waals surface area (Å²) in [5.41, 5.74) is 1.90. The molecule has 0 spiro atoms. The van der Waals surface area contributed by atoms with Gasteiger partial charge in [-0.1, -0.05) is 19.3 Å². The maximum atomic E-state index is 12.5. The Labute approximate surface area is 159 Å². The molecule has 0 saturated heterocycles. The Hall–Kier alpha value is -1.14. The lowest BCUT2D eigenvalue weighted by atomic mass is 9.95. The van der Waals surface area contributed by atoms with E-state index in [0.717, 1.165) is 34.9 Å². The van der Waals surface area contributed by atoms with E-state index in [1.165, 1.54) is 49.0 Å². The summed E-state index contributed by atoms with van der Waals surface area (Å²) in [5, 5.41) is 4.97. The lowest BCUT2D eigenvalue weighted by molar-refractivity contribution is 0.0526. The number of hydrogen-bond acceptors (Lipinski definition) is 4. The van der Waals surface area contributed by atoms with Gasteiger partial charge >= 0.3 is 5.97 Å². The highest BCUT2D eigenvalue weighted by atomic mass is 32.1. The van der Waals surface area contributed by atoms with Crippen molar-refractivity contribution >= 4 is 39.6 Å². The number of anilines is 1. The molecule has 2 aliphatic rings. The maximum absolute atomic E-state index is 12.5. The molecular weight excluding hydrogens is 352 g/mol. The van der Waals surface area contributed by atoms with Gasteiger partial charge in [-0.15, -0.1) is 11.3 Å². The second-order valence-corrected chi connectivity index (χ2v) is 8.46. The molecule has 0 amide bonds. The van der Waals surface area contributed by atoms with Crippen LogP contribution in [0.1, 0.15) is 72.7 Å². The first kappa shape index (κ1) is 18.6. The molecule has 0 bridgehead atoms. The molecule has 3 rings (SSSR count). The highest BCUT2D eigenvalue weighted by molar-refractivity contribution is 7.80. The fraction of sp³-hybridized carbons (Fsp3) is 0.684. The number of thiophene rings is 1. The molecular formula is C19H28N2O2S2. The van der Waals surface area contributed by atoms with Crippen molar-refractivity contribution in [1.82, 2.24) is 4.90 Å². The average Bonchev–Trinajstić information content (AvgIpc) is 2.99. The van der Waals surface area contributed by atoms with Crippen molar-refractivity contribution in [2.24, 2.45) is 0 Å². The number of esters is 1. The summed E-state index contributed by atoms with van der Waals surface area (Å²) in [7, 11) is 2.07. The summed E-state index contributed by atoms with van der Waals surface area (Å²) >= 11 is 7.34. The van der Waals surface area contributed by atoms with Gasteiger partial charge in [0, 0.05) is 18.0 Å². The van der Waals surface area contributed by atoms with Crippen LogP contribution < -0.4 is 5.32 Å². The molecule has 1 N–H and O–H groups in total. The van der Waals surface area contributed by atoms with Gasteiger partial charge in [-0.05, 0) is 63.2 Å². The average molecular weight is 381 g/mol. The van der Waals surface area contributed by atoms with Crippen LogP contribution in [0.3, 0.4) is 0 Å². The molecule has 4 nitrogen and oxygen atoms in total. The normalized spacial score (nSPS) is 17.7. The number of rotatable bonds is 4. The van der Waals surface area contributed by atoms with Gasteiger partial charge in [-0.25, -0.2) is 4.79 Å². The molecule has 138 valence electrons. The molecule has 1 fully saturated rings. The topological polar surface area (TPSA) is 41.6 Å². The lowest BCUT2D eigenvalue weighted by Crippen LogP contribution is -2.40. The Kier molecular flexibility index (Phi) is 6.34. The number of nitrogens with zero attached hydrogens (tertiary/aromatic N) is 1. The summed E-state index contributed by atoms with van der Waals surface area (Å²) < 4.78 is 5.32. The second kappa shape index (κ2) is 8.49. The highest BCUT2D eigenvalue weighted by Gasteiger charge is 2.28. The number of fused-ring (bicyclic) bond motifs is 1. The first-order valence-electron chi connectivity index (χ1n) is 9.47. The van der Waals surface area contributed by atoms with Crippen LogP contribution in [-0.2, 0) is 17.6 Å². The van der Waals surface area contributed by atoms with Gasteiger partial charge in [-0.2, -0.15) is 0 Å². The van der Waals surface area contributed by atoms with Gasteiger partial charge in [0.25, 0.3) is 0 Å². The molecule has 1 saturated carbocycles. The van der Waals surface area contributed by atoms with Gasteiger partial charge < -0.3 is 15.0 Å². The maximum Gasteiger partial charge on any atom is 0.341 e. The van der Waals surface area contributed by atoms with Gasteiger partial charge in [0.1, 0.15) is 5.00 Å². The van der Waals surface area contributed by atoms with E-state index in [4.69, 9.17) is 17.0 Å². The van der Waals surface area contributed by atoms with Crippen molar-refractivity contribution in [2.75, 3.05) is 19.0 Å². The Morgan fingerprint density at radius 3 is 2.68 bits per heavy atom. The minimum absolute atomic E-state index is 0.215. The summed E-state index contributed by atoms with van der Waals surface area (Å²) in [5.74, 6) is -0.215. The fourth-order valence-electron chi connectivity index (χ4n) is 3.89.